The fraction of sp³-hybridized carbons (Fsp3) is 0.375. The first kappa shape index (κ1) is 15.2. The zero-order valence-electron chi connectivity index (χ0n) is 11.9. The zero-order valence-corrected chi connectivity index (χ0v) is 14.3. The maximum absolute atomic E-state index is 14.3. The molecule has 0 spiro atoms. The van der Waals surface area contributed by atoms with Crippen LogP contribution in [0.2, 0.25) is 0 Å². The summed E-state index contributed by atoms with van der Waals surface area (Å²) in [5, 5.41) is 2.14. The molecule has 0 amide bonds. The van der Waals surface area contributed by atoms with Crippen molar-refractivity contribution in [3.8, 4) is 0 Å². The third-order valence-electron chi connectivity index (χ3n) is 4.27. The van der Waals surface area contributed by atoms with Crippen molar-refractivity contribution in [1.82, 2.24) is 4.90 Å². The molecular weight excluding hydrogens is 351 g/mol. The Kier molecular flexibility index (Phi) is 4.45. The van der Waals surface area contributed by atoms with E-state index in [1.165, 1.54) is 16.5 Å². The lowest BCUT2D eigenvalue weighted by molar-refractivity contribution is 0.136. The van der Waals surface area contributed by atoms with Gasteiger partial charge in [-0.05, 0) is 42.5 Å². The van der Waals surface area contributed by atoms with E-state index in [1.54, 1.807) is 0 Å². The Morgan fingerprint density at radius 1 is 1.48 bits per heavy atom. The molecule has 2 nitrogen and oxygen atoms in total. The van der Waals surface area contributed by atoms with Crippen LogP contribution in [0.15, 0.2) is 34.1 Å². The van der Waals surface area contributed by atoms with Crippen LogP contribution >= 0.6 is 27.3 Å². The van der Waals surface area contributed by atoms with Crippen molar-refractivity contribution in [2.24, 2.45) is 5.73 Å². The summed E-state index contributed by atoms with van der Waals surface area (Å²) in [5.41, 5.74) is 8.03. The van der Waals surface area contributed by atoms with Crippen LogP contribution in [0.1, 0.15) is 35.0 Å². The fourth-order valence-corrected chi connectivity index (χ4v) is 4.46. The lowest BCUT2D eigenvalue weighted by Crippen LogP contribution is -2.40. The van der Waals surface area contributed by atoms with Gasteiger partial charge in [0, 0.05) is 34.0 Å². The number of thiophene rings is 1. The van der Waals surface area contributed by atoms with E-state index < -0.39 is 0 Å². The van der Waals surface area contributed by atoms with Gasteiger partial charge in [0.25, 0.3) is 0 Å². The van der Waals surface area contributed by atoms with Crippen molar-refractivity contribution in [3.63, 3.8) is 0 Å². The van der Waals surface area contributed by atoms with E-state index in [0.717, 1.165) is 17.4 Å². The van der Waals surface area contributed by atoms with Crippen LogP contribution in [0.4, 0.5) is 4.39 Å². The molecule has 0 fully saturated rings. The van der Waals surface area contributed by atoms with E-state index in [4.69, 9.17) is 5.73 Å². The number of nitrogens with zero attached hydrogens (tertiary/aromatic N) is 1. The summed E-state index contributed by atoms with van der Waals surface area (Å²) >= 11 is 5.12. The van der Waals surface area contributed by atoms with Crippen molar-refractivity contribution in [3.05, 3.63) is 55.9 Å². The summed E-state index contributed by atoms with van der Waals surface area (Å²) in [6.07, 6.45) is 1.02. The first-order valence-corrected chi connectivity index (χ1v) is 8.76. The van der Waals surface area contributed by atoms with Gasteiger partial charge in [-0.2, -0.15) is 0 Å². The molecule has 21 heavy (non-hydrogen) atoms. The molecule has 0 radical (unpaired) electrons. The second-order valence-electron chi connectivity index (χ2n) is 5.38. The van der Waals surface area contributed by atoms with Gasteiger partial charge >= 0.3 is 0 Å². The van der Waals surface area contributed by atoms with Crippen LogP contribution in [-0.2, 0) is 6.42 Å². The van der Waals surface area contributed by atoms with Gasteiger partial charge in [-0.15, -0.1) is 11.3 Å². The van der Waals surface area contributed by atoms with E-state index in [1.807, 2.05) is 23.5 Å². The van der Waals surface area contributed by atoms with Gasteiger partial charge in [-0.25, -0.2) is 4.39 Å². The second-order valence-corrected chi connectivity index (χ2v) is 7.30. The Balaban J connectivity index is 1.94. The normalized spacial score (nSPS) is 20.3. The summed E-state index contributed by atoms with van der Waals surface area (Å²) < 4.78 is 15.1. The predicted octanol–water partition coefficient (Wildman–Crippen LogP) is 4.27. The molecule has 1 aromatic heterocycles. The first-order valence-electron chi connectivity index (χ1n) is 7.09. The molecule has 1 aliphatic rings. The lowest BCUT2D eigenvalue weighted by atomic mass is 9.96. The molecule has 0 aliphatic carbocycles. The average molecular weight is 369 g/mol. The van der Waals surface area contributed by atoms with Crippen LogP contribution in [0.25, 0.3) is 0 Å². The van der Waals surface area contributed by atoms with Crippen molar-refractivity contribution < 1.29 is 4.39 Å². The molecule has 2 atom stereocenters. The van der Waals surface area contributed by atoms with E-state index in [2.05, 4.69) is 39.2 Å². The fourth-order valence-electron chi connectivity index (χ4n) is 3.17. The van der Waals surface area contributed by atoms with Gasteiger partial charge in [0.1, 0.15) is 5.82 Å². The smallest absolute Gasteiger partial charge is 0.129 e. The van der Waals surface area contributed by atoms with Crippen molar-refractivity contribution in [2.75, 3.05) is 13.1 Å². The largest absolute Gasteiger partial charge is 0.329 e. The summed E-state index contributed by atoms with van der Waals surface area (Å²) in [6, 6.07) is 7.61. The van der Waals surface area contributed by atoms with Crippen molar-refractivity contribution in [2.45, 2.75) is 25.4 Å². The Hall–Kier alpha value is -0.750. The van der Waals surface area contributed by atoms with Gasteiger partial charge in [0.05, 0.1) is 6.04 Å². The molecule has 0 saturated carbocycles. The third-order valence-corrected chi connectivity index (χ3v) is 5.76. The van der Waals surface area contributed by atoms with Crippen LogP contribution in [0.3, 0.4) is 0 Å². The SMILES string of the molecule is CC1c2ccsc2CCN1C(CN)c1ccc(Br)cc1F. The summed E-state index contributed by atoms with van der Waals surface area (Å²) in [5.74, 6) is -0.192. The summed E-state index contributed by atoms with van der Waals surface area (Å²) in [6.45, 7) is 3.53. The highest BCUT2D eigenvalue weighted by Crippen LogP contribution is 2.38. The molecule has 2 aromatic rings. The molecule has 2 N–H and O–H groups in total. The van der Waals surface area contributed by atoms with Crippen LogP contribution in [-0.4, -0.2) is 18.0 Å². The molecule has 112 valence electrons. The van der Waals surface area contributed by atoms with Gasteiger partial charge in [-0.3, -0.25) is 4.90 Å². The molecule has 1 aliphatic heterocycles. The highest BCUT2D eigenvalue weighted by atomic mass is 79.9. The number of halogens is 2. The van der Waals surface area contributed by atoms with Crippen LogP contribution < -0.4 is 5.73 Å². The van der Waals surface area contributed by atoms with Gasteiger partial charge < -0.3 is 5.73 Å². The van der Waals surface area contributed by atoms with Gasteiger partial charge in [-0.1, -0.05) is 22.0 Å². The summed E-state index contributed by atoms with van der Waals surface area (Å²) in [7, 11) is 0. The number of nitrogens with two attached hydrogens (primary N) is 1. The highest BCUT2D eigenvalue weighted by Gasteiger charge is 2.31. The quantitative estimate of drug-likeness (QED) is 0.876. The maximum Gasteiger partial charge on any atom is 0.129 e. The van der Waals surface area contributed by atoms with Crippen molar-refractivity contribution in [1.29, 1.82) is 0 Å². The molecule has 1 aromatic carbocycles. The monoisotopic (exact) mass is 368 g/mol. The number of fused-ring (bicyclic) bond motifs is 1. The standard InChI is InChI=1S/C16H18BrFN2S/c1-10-12-5-7-21-16(12)4-6-20(10)15(9-19)13-3-2-11(17)8-14(13)18/h2-3,5,7-8,10,15H,4,6,9,19H2,1H3. The lowest BCUT2D eigenvalue weighted by Gasteiger charge is -2.39. The number of rotatable bonds is 3. The molecule has 3 rings (SSSR count). The van der Waals surface area contributed by atoms with Gasteiger partial charge in [0.2, 0.25) is 0 Å². The Morgan fingerprint density at radius 3 is 3.00 bits per heavy atom. The molecule has 0 saturated heterocycles. The molecule has 0 bridgehead atoms. The highest BCUT2D eigenvalue weighted by molar-refractivity contribution is 9.10. The molecule has 2 unspecified atom stereocenters. The van der Waals surface area contributed by atoms with E-state index >= 15 is 0 Å². The first-order chi connectivity index (χ1) is 10.1. The number of hydrogen-bond donors (Lipinski definition) is 1. The molecule has 2 heterocycles. The topological polar surface area (TPSA) is 29.3 Å². The van der Waals surface area contributed by atoms with Crippen molar-refractivity contribution >= 4 is 27.3 Å². The second kappa shape index (κ2) is 6.16. The maximum atomic E-state index is 14.3. The zero-order chi connectivity index (χ0) is 15.0. The average Bonchev–Trinajstić information content (AvgIpc) is 2.93. The Bertz CT molecular complexity index is 643. The minimum atomic E-state index is -0.192. The number of benzene rings is 1. The minimum absolute atomic E-state index is 0.0823. The van der Waals surface area contributed by atoms with E-state index in [-0.39, 0.29) is 17.9 Å². The predicted molar refractivity (Wildman–Crippen MR) is 89.0 cm³/mol. The Morgan fingerprint density at radius 2 is 2.29 bits per heavy atom. The summed E-state index contributed by atoms with van der Waals surface area (Å²) in [4.78, 5) is 3.77. The van der Waals surface area contributed by atoms with Crippen LogP contribution in [0.5, 0.6) is 0 Å². The third kappa shape index (κ3) is 2.80. The number of hydrogen-bond acceptors (Lipinski definition) is 3. The van der Waals surface area contributed by atoms with E-state index in [0.29, 0.717) is 12.1 Å². The Labute approximate surface area is 136 Å². The van der Waals surface area contributed by atoms with Crippen LogP contribution in [0, 0.1) is 5.82 Å². The van der Waals surface area contributed by atoms with E-state index in [9.17, 15) is 4.39 Å². The molecular formula is C16H18BrFN2S. The minimum Gasteiger partial charge on any atom is -0.329 e. The van der Waals surface area contributed by atoms with Gasteiger partial charge in [0.15, 0.2) is 0 Å². The molecule has 5 heteroatoms.